The molecule has 0 radical (unpaired) electrons. The van der Waals surface area contributed by atoms with Crippen molar-refractivity contribution in [3.05, 3.63) is 52.8 Å². The minimum Gasteiger partial charge on any atom is -0.462 e. The van der Waals surface area contributed by atoms with Gasteiger partial charge in [-0.15, -0.1) is 0 Å². The first-order chi connectivity index (χ1) is 9.20. The van der Waals surface area contributed by atoms with E-state index in [1.54, 1.807) is 49.6 Å². The average molecular weight is 322 g/mol. The molecule has 0 fully saturated rings. The molecule has 0 aliphatic rings. The minimum absolute atomic E-state index is 0.348. The molecule has 1 aromatic carbocycles. The number of esters is 1. The molecular weight excluding hydrogens is 310 g/mol. The third kappa shape index (κ3) is 3.54. The standard InChI is InChI=1S/C14H12BrNO3/c1-2-18-14(17)10-3-4-13(12(15)9-10)19-11-5-7-16-8-6-11/h3-9H,2H2,1H3. The highest BCUT2D eigenvalue weighted by atomic mass is 79.9. The van der Waals surface area contributed by atoms with Gasteiger partial charge >= 0.3 is 5.97 Å². The zero-order chi connectivity index (χ0) is 13.7. The quantitative estimate of drug-likeness (QED) is 0.803. The van der Waals surface area contributed by atoms with Crippen molar-refractivity contribution in [2.75, 3.05) is 6.61 Å². The van der Waals surface area contributed by atoms with Crippen molar-refractivity contribution in [3.63, 3.8) is 0 Å². The van der Waals surface area contributed by atoms with Gasteiger partial charge in [0.2, 0.25) is 0 Å². The van der Waals surface area contributed by atoms with Crippen LogP contribution in [-0.2, 0) is 4.74 Å². The summed E-state index contributed by atoms with van der Waals surface area (Å²) in [7, 11) is 0. The maximum absolute atomic E-state index is 11.6. The second-order valence-electron chi connectivity index (χ2n) is 3.65. The van der Waals surface area contributed by atoms with Gasteiger partial charge in [0.05, 0.1) is 16.6 Å². The Balaban J connectivity index is 2.18. The van der Waals surface area contributed by atoms with Crippen molar-refractivity contribution in [3.8, 4) is 11.5 Å². The maximum Gasteiger partial charge on any atom is 0.338 e. The second-order valence-corrected chi connectivity index (χ2v) is 4.50. The Morgan fingerprint density at radius 2 is 2.00 bits per heavy atom. The molecule has 0 saturated heterocycles. The molecule has 4 nitrogen and oxygen atoms in total. The fourth-order valence-electron chi connectivity index (χ4n) is 1.46. The molecule has 0 aliphatic carbocycles. The Hall–Kier alpha value is -1.88. The van der Waals surface area contributed by atoms with E-state index in [2.05, 4.69) is 20.9 Å². The summed E-state index contributed by atoms with van der Waals surface area (Å²) in [5, 5.41) is 0. The largest absolute Gasteiger partial charge is 0.462 e. The summed E-state index contributed by atoms with van der Waals surface area (Å²) >= 11 is 3.38. The Morgan fingerprint density at radius 3 is 2.63 bits per heavy atom. The van der Waals surface area contributed by atoms with Crippen LogP contribution < -0.4 is 4.74 Å². The Labute approximate surface area is 119 Å². The van der Waals surface area contributed by atoms with Crippen LogP contribution in [0.1, 0.15) is 17.3 Å². The van der Waals surface area contributed by atoms with Crippen molar-refractivity contribution in [1.82, 2.24) is 4.98 Å². The van der Waals surface area contributed by atoms with E-state index in [4.69, 9.17) is 9.47 Å². The van der Waals surface area contributed by atoms with E-state index in [-0.39, 0.29) is 5.97 Å². The van der Waals surface area contributed by atoms with Gasteiger partial charge in [-0.3, -0.25) is 4.98 Å². The molecule has 0 bridgehead atoms. The lowest BCUT2D eigenvalue weighted by atomic mass is 10.2. The van der Waals surface area contributed by atoms with Crippen LogP contribution in [0.3, 0.4) is 0 Å². The number of rotatable bonds is 4. The number of nitrogens with zero attached hydrogens (tertiary/aromatic N) is 1. The van der Waals surface area contributed by atoms with Crippen molar-refractivity contribution < 1.29 is 14.3 Å². The lowest BCUT2D eigenvalue weighted by Gasteiger charge is -2.08. The molecule has 1 heterocycles. The number of carbonyl (C=O) groups excluding carboxylic acids is 1. The van der Waals surface area contributed by atoms with Crippen LogP contribution in [0.5, 0.6) is 11.5 Å². The van der Waals surface area contributed by atoms with Crippen molar-refractivity contribution in [2.45, 2.75) is 6.92 Å². The molecule has 2 rings (SSSR count). The van der Waals surface area contributed by atoms with E-state index in [0.717, 1.165) is 0 Å². The number of hydrogen-bond acceptors (Lipinski definition) is 4. The van der Waals surface area contributed by atoms with Crippen LogP contribution in [0.2, 0.25) is 0 Å². The maximum atomic E-state index is 11.6. The van der Waals surface area contributed by atoms with Crippen molar-refractivity contribution in [2.24, 2.45) is 0 Å². The summed E-state index contributed by atoms with van der Waals surface area (Å²) in [6.07, 6.45) is 3.30. The molecule has 0 amide bonds. The van der Waals surface area contributed by atoms with Gasteiger partial charge in [-0.1, -0.05) is 0 Å². The Bertz CT molecular complexity index is 572. The smallest absolute Gasteiger partial charge is 0.338 e. The molecule has 2 aromatic rings. The van der Waals surface area contributed by atoms with Gasteiger partial charge in [0, 0.05) is 12.4 Å². The molecule has 19 heavy (non-hydrogen) atoms. The number of carbonyl (C=O) groups is 1. The Kier molecular flexibility index (Phi) is 4.52. The number of hydrogen-bond donors (Lipinski definition) is 0. The molecule has 1 aromatic heterocycles. The molecule has 0 aliphatic heterocycles. The number of pyridine rings is 1. The first kappa shape index (κ1) is 13.5. The number of ether oxygens (including phenoxy) is 2. The molecule has 0 saturated carbocycles. The summed E-state index contributed by atoms with van der Waals surface area (Å²) < 4.78 is 11.3. The van der Waals surface area contributed by atoms with E-state index in [1.807, 2.05) is 0 Å². The first-order valence-corrected chi connectivity index (χ1v) is 6.54. The highest BCUT2D eigenvalue weighted by Crippen LogP contribution is 2.30. The van der Waals surface area contributed by atoms with Crippen LogP contribution in [0, 0.1) is 0 Å². The summed E-state index contributed by atoms with van der Waals surface area (Å²) in [4.78, 5) is 15.5. The molecular formula is C14H12BrNO3. The predicted molar refractivity (Wildman–Crippen MR) is 74.4 cm³/mol. The van der Waals surface area contributed by atoms with Gasteiger partial charge in [0.1, 0.15) is 11.5 Å². The SMILES string of the molecule is CCOC(=O)c1ccc(Oc2ccncc2)c(Br)c1. The molecule has 0 atom stereocenters. The normalized spacial score (nSPS) is 10.0. The number of halogens is 1. The topological polar surface area (TPSA) is 48.4 Å². The fourth-order valence-corrected chi connectivity index (χ4v) is 1.92. The van der Waals surface area contributed by atoms with Crippen molar-refractivity contribution in [1.29, 1.82) is 0 Å². The third-order valence-electron chi connectivity index (χ3n) is 2.32. The van der Waals surface area contributed by atoms with E-state index >= 15 is 0 Å². The van der Waals surface area contributed by atoms with Gasteiger partial charge < -0.3 is 9.47 Å². The van der Waals surface area contributed by atoms with E-state index in [1.165, 1.54) is 0 Å². The fraction of sp³-hybridized carbons (Fsp3) is 0.143. The van der Waals surface area contributed by atoms with Gasteiger partial charge in [-0.2, -0.15) is 0 Å². The molecule has 0 spiro atoms. The van der Waals surface area contributed by atoms with Gasteiger partial charge in [0.15, 0.2) is 0 Å². The van der Waals surface area contributed by atoms with Crippen molar-refractivity contribution >= 4 is 21.9 Å². The summed E-state index contributed by atoms with van der Waals surface area (Å²) in [5.41, 5.74) is 0.482. The first-order valence-electron chi connectivity index (χ1n) is 5.75. The highest BCUT2D eigenvalue weighted by molar-refractivity contribution is 9.10. The zero-order valence-electron chi connectivity index (χ0n) is 10.3. The van der Waals surface area contributed by atoms with Crippen LogP contribution in [0.15, 0.2) is 47.2 Å². The monoisotopic (exact) mass is 321 g/mol. The van der Waals surface area contributed by atoms with E-state index in [0.29, 0.717) is 28.1 Å². The van der Waals surface area contributed by atoms with E-state index < -0.39 is 0 Å². The molecule has 5 heteroatoms. The summed E-state index contributed by atoms with van der Waals surface area (Å²) in [6.45, 7) is 2.12. The zero-order valence-corrected chi connectivity index (χ0v) is 11.9. The van der Waals surface area contributed by atoms with Crippen LogP contribution in [-0.4, -0.2) is 17.6 Å². The van der Waals surface area contributed by atoms with Gasteiger partial charge in [-0.05, 0) is 53.2 Å². The van der Waals surface area contributed by atoms with Gasteiger partial charge in [0.25, 0.3) is 0 Å². The highest BCUT2D eigenvalue weighted by Gasteiger charge is 2.10. The molecule has 0 N–H and O–H groups in total. The van der Waals surface area contributed by atoms with Crippen LogP contribution >= 0.6 is 15.9 Å². The third-order valence-corrected chi connectivity index (χ3v) is 2.94. The minimum atomic E-state index is -0.348. The lowest BCUT2D eigenvalue weighted by Crippen LogP contribution is -2.04. The number of aromatic nitrogens is 1. The lowest BCUT2D eigenvalue weighted by molar-refractivity contribution is 0.0526. The predicted octanol–water partition coefficient (Wildman–Crippen LogP) is 3.81. The molecule has 0 unspecified atom stereocenters. The van der Waals surface area contributed by atoms with Crippen LogP contribution in [0.4, 0.5) is 0 Å². The summed E-state index contributed by atoms with van der Waals surface area (Å²) in [6, 6.07) is 8.57. The Morgan fingerprint density at radius 1 is 1.26 bits per heavy atom. The van der Waals surface area contributed by atoms with Crippen LogP contribution in [0.25, 0.3) is 0 Å². The second kappa shape index (κ2) is 6.33. The van der Waals surface area contributed by atoms with E-state index in [9.17, 15) is 4.79 Å². The molecule has 98 valence electrons. The average Bonchev–Trinajstić information content (AvgIpc) is 2.42. The van der Waals surface area contributed by atoms with Gasteiger partial charge in [-0.25, -0.2) is 4.79 Å². The number of benzene rings is 1. The summed E-state index contributed by atoms with van der Waals surface area (Å²) in [5.74, 6) is 0.956.